The summed E-state index contributed by atoms with van der Waals surface area (Å²) < 4.78 is 25.4. The molecule has 0 fully saturated rings. The van der Waals surface area contributed by atoms with Gasteiger partial charge in [0, 0.05) is 23.0 Å². The molecule has 5 nitrogen and oxygen atoms in total. The molecule has 0 bridgehead atoms. The van der Waals surface area contributed by atoms with E-state index in [1.807, 2.05) is 58.0 Å². The number of rotatable bonds is 8. The molecule has 26 heavy (non-hydrogen) atoms. The van der Waals surface area contributed by atoms with E-state index in [-0.39, 0.29) is 22.3 Å². The molecule has 1 amide bonds. The molecule has 2 aromatic rings. The summed E-state index contributed by atoms with van der Waals surface area (Å²) in [6.45, 7) is 7.89. The van der Waals surface area contributed by atoms with Crippen LogP contribution in [0.25, 0.3) is 11.3 Å². The van der Waals surface area contributed by atoms with Crippen LogP contribution in [-0.4, -0.2) is 42.0 Å². The van der Waals surface area contributed by atoms with Gasteiger partial charge in [-0.1, -0.05) is 44.2 Å². The van der Waals surface area contributed by atoms with Crippen LogP contribution in [0.4, 0.5) is 0 Å². The molecule has 0 radical (unpaired) electrons. The second kappa shape index (κ2) is 8.77. The zero-order chi connectivity index (χ0) is 19.3. The van der Waals surface area contributed by atoms with Crippen molar-refractivity contribution in [2.45, 2.75) is 57.0 Å². The average Bonchev–Trinajstić information content (AvgIpc) is 3.13. The van der Waals surface area contributed by atoms with E-state index < -0.39 is 15.6 Å². The van der Waals surface area contributed by atoms with Crippen molar-refractivity contribution in [2.24, 2.45) is 0 Å². The van der Waals surface area contributed by atoms with Gasteiger partial charge in [-0.05, 0) is 26.7 Å². The molecule has 142 valence electrons. The normalized spacial score (nSPS) is 14.0. The largest absolute Gasteiger partial charge is 0.336 e. The zero-order valence-corrected chi connectivity index (χ0v) is 17.3. The highest BCUT2D eigenvalue weighted by molar-refractivity contribution is 7.94. The summed E-state index contributed by atoms with van der Waals surface area (Å²) in [5.41, 5.74) is 1.47. The van der Waals surface area contributed by atoms with E-state index in [0.717, 1.165) is 29.7 Å². The minimum Gasteiger partial charge on any atom is -0.336 e. The first-order valence-corrected chi connectivity index (χ1v) is 11.4. The fourth-order valence-electron chi connectivity index (χ4n) is 2.76. The predicted octanol–water partition coefficient (Wildman–Crippen LogP) is 4.01. The third-order valence-corrected chi connectivity index (χ3v) is 7.49. The van der Waals surface area contributed by atoms with E-state index in [0.29, 0.717) is 5.69 Å². The van der Waals surface area contributed by atoms with E-state index in [1.54, 1.807) is 10.3 Å². The number of sulfone groups is 1. The summed E-state index contributed by atoms with van der Waals surface area (Å²) in [5, 5.41) is 1.72. The molecule has 0 aliphatic carbocycles. The van der Waals surface area contributed by atoms with Crippen LogP contribution in [0.2, 0.25) is 0 Å². The third kappa shape index (κ3) is 4.71. The van der Waals surface area contributed by atoms with Crippen molar-refractivity contribution < 1.29 is 13.2 Å². The summed E-state index contributed by atoms with van der Waals surface area (Å²) in [7, 11) is -3.76. The van der Waals surface area contributed by atoms with Crippen molar-refractivity contribution >= 4 is 27.1 Å². The molecule has 0 aliphatic heterocycles. The van der Waals surface area contributed by atoms with Crippen LogP contribution in [0.3, 0.4) is 0 Å². The minimum absolute atomic E-state index is 0.00189. The summed E-state index contributed by atoms with van der Waals surface area (Å²) in [4.78, 5) is 18.7. The van der Waals surface area contributed by atoms with Gasteiger partial charge in [0.1, 0.15) is 5.75 Å². The molecule has 2 rings (SSSR count). The first kappa shape index (κ1) is 20.6. The van der Waals surface area contributed by atoms with E-state index in [4.69, 9.17) is 0 Å². The van der Waals surface area contributed by atoms with Crippen molar-refractivity contribution in [3.05, 3.63) is 35.7 Å². The van der Waals surface area contributed by atoms with Gasteiger partial charge in [-0.15, -0.1) is 11.3 Å². The van der Waals surface area contributed by atoms with Crippen LogP contribution in [0.1, 0.15) is 40.5 Å². The van der Waals surface area contributed by atoms with Crippen LogP contribution in [0.5, 0.6) is 0 Å². The Morgan fingerprint density at radius 1 is 1.12 bits per heavy atom. The number of amides is 1. The smallest absolute Gasteiger partial charge is 0.238 e. The molecule has 0 saturated carbocycles. The molecule has 0 aliphatic rings. The van der Waals surface area contributed by atoms with Crippen molar-refractivity contribution in [2.75, 3.05) is 5.75 Å². The Morgan fingerprint density at radius 2 is 1.69 bits per heavy atom. The van der Waals surface area contributed by atoms with E-state index in [9.17, 15) is 13.2 Å². The molecular formula is C19H26N2O3S2. The van der Waals surface area contributed by atoms with Gasteiger partial charge in [0.15, 0.2) is 0 Å². The van der Waals surface area contributed by atoms with E-state index >= 15 is 0 Å². The topological polar surface area (TPSA) is 67.3 Å². The number of hydrogen-bond donors (Lipinski definition) is 0. The fraction of sp³-hybridized carbons (Fsp3) is 0.474. The predicted molar refractivity (Wildman–Crippen MR) is 106 cm³/mol. The lowest BCUT2D eigenvalue weighted by molar-refractivity contribution is -0.132. The van der Waals surface area contributed by atoms with E-state index in [2.05, 4.69) is 4.98 Å². The third-order valence-electron chi connectivity index (χ3n) is 4.55. The number of benzene rings is 1. The summed E-state index contributed by atoms with van der Waals surface area (Å²) in [6.07, 6.45) is 1.57. The van der Waals surface area contributed by atoms with Crippen molar-refractivity contribution in [1.82, 2.24) is 9.88 Å². The van der Waals surface area contributed by atoms with Crippen LogP contribution in [-0.2, 0) is 14.6 Å². The Kier molecular flexibility index (Phi) is 6.94. The maximum absolute atomic E-state index is 12.7. The second-order valence-electron chi connectivity index (χ2n) is 6.44. The summed E-state index contributed by atoms with van der Waals surface area (Å²) in [6, 6.07) is 9.41. The maximum Gasteiger partial charge on any atom is 0.238 e. The maximum atomic E-state index is 12.7. The Hall–Kier alpha value is -1.73. The van der Waals surface area contributed by atoms with Gasteiger partial charge < -0.3 is 4.90 Å². The van der Waals surface area contributed by atoms with Crippen LogP contribution >= 0.6 is 11.3 Å². The van der Waals surface area contributed by atoms with Crippen LogP contribution in [0.15, 0.2) is 40.1 Å². The quantitative estimate of drug-likeness (QED) is 0.678. The number of nitrogens with zero attached hydrogens (tertiary/aromatic N) is 2. The molecule has 0 saturated heterocycles. The number of aromatic nitrogens is 1. The molecule has 1 aromatic heterocycles. The summed E-state index contributed by atoms with van der Waals surface area (Å²) >= 11 is 1.06. The Bertz CT molecular complexity index is 821. The lowest BCUT2D eigenvalue weighted by atomic mass is 10.1. The van der Waals surface area contributed by atoms with Crippen molar-refractivity contribution in [1.29, 1.82) is 0 Å². The Labute approximate surface area is 160 Å². The highest BCUT2D eigenvalue weighted by Gasteiger charge is 2.30. The number of carbonyl (C=O) groups is 1. The first-order chi connectivity index (χ1) is 12.3. The highest BCUT2D eigenvalue weighted by Crippen LogP contribution is 2.25. The average molecular weight is 395 g/mol. The van der Waals surface area contributed by atoms with Crippen molar-refractivity contribution in [3.63, 3.8) is 0 Å². The molecule has 1 aromatic carbocycles. The highest BCUT2D eigenvalue weighted by atomic mass is 32.2. The second-order valence-corrected chi connectivity index (χ2v) is 9.46. The van der Waals surface area contributed by atoms with E-state index in [1.165, 1.54) is 0 Å². The molecule has 0 unspecified atom stereocenters. The van der Waals surface area contributed by atoms with Gasteiger partial charge in [0.2, 0.25) is 20.1 Å². The minimum atomic E-state index is -3.76. The molecule has 1 heterocycles. The SMILES string of the molecule is CC[C@@H](C)N(C(=O)CS(=O)(=O)c1nc(-c2ccccc2)cs1)[C@@H](C)CC. The lowest BCUT2D eigenvalue weighted by Crippen LogP contribution is -2.46. The van der Waals surface area contributed by atoms with Gasteiger partial charge in [-0.2, -0.15) is 0 Å². The molecule has 0 spiro atoms. The monoisotopic (exact) mass is 394 g/mol. The standard InChI is InChI=1S/C19H26N2O3S2/c1-5-14(3)21(15(4)6-2)18(22)13-26(23,24)19-20-17(12-25-19)16-10-8-7-9-11-16/h7-12,14-15H,5-6,13H2,1-4H3/t14-,15+. The summed E-state index contributed by atoms with van der Waals surface area (Å²) in [5.74, 6) is -0.895. The lowest BCUT2D eigenvalue weighted by Gasteiger charge is -2.33. The van der Waals surface area contributed by atoms with Gasteiger partial charge in [-0.3, -0.25) is 4.79 Å². The molecule has 2 atom stereocenters. The number of hydrogen-bond acceptors (Lipinski definition) is 5. The number of thiazole rings is 1. The Balaban J connectivity index is 2.22. The molecule has 0 N–H and O–H groups in total. The van der Waals surface area contributed by atoms with Gasteiger partial charge in [0.05, 0.1) is 5.69 Å². The van der Waals surface area contributed by atoms with Crippen LogP contribution in [0, 0.1) is 0 Å². The van der Waals surface area contributed by atoms with Gasteiger partial charge >= 0.3 is 0 Å². The molecular weight excluding hydrogens is 368 g/mol. The fourth-order valence-corrected chi connectivity index (χ4v) is 5.05. The van der Waals surface area contributed by atoms with Crippen molar-refractivity contribution in [3.8, 4) is 11.3 Å². The van der Waals surface area contributed by atoms with Gasteiger partial charge in [-0.25, -0.2) is 13.4 Å². The van der Waals surface area contributed by atoms with Crippen LogP contribution < -0.4 is 0 Å². The Morgan fingerprint density at radius 3 is 2.23 bits per heavy atom. The first-order valence-electron chi connectivity index (χ1n) is 8.85. The number of carbonyl (C=O) groups excluding carboxylic acids is 1. The van der Waals surface area contributed by atoms with Gasteiger partial charge in [0.25, 0.3) is 0 Å². The molecule has 7 heteroatoms. The zero-order valence-electron chi connectivity index (χ0n) is 15.7.